The number of ether oxygens (including phenoxy) is 1. The molecule has 1 N–H and O–H groups in total. The van der Waals surface area contributed by atoms with Gasteiger partial charge in [0.2, 0.25) is 0 Å². The van der Waals surface area contributed by atoms with E-state index < -0.39 is 0 Å². The number of nitrogens with one attached hydrogen (secondary N) is 1. The summed E-state index contributed by atoms with van der Waals surface area (Å²) in [5.74, 6) is -0.337. The molecule has 0 amide bonds. The quantitative estimate of drug-likeness (QED) is 0.752. The number of thiocarbonyl (C=S) groups is 1. The summed E-state index contributed by atoms with van der Waals surface area (Å²) in [6, 6.07) is 8.52. The van der Waals surface area contributed by atoms with Gasteiger partial charge in [-0.15, -0.1) is 0 Å². The molecule has 1 atom stereocenters. The molecule has 2 aromatic rings. The summed E-state index contributed by atoms with van der Waals surface area (Å²) in [6.07, 6.45) is 5.76. The third-order valence-corrected chi connectivity index (χ3v) is 5.06. The van der Waals surface area contributed by atoms with Gasteiger partial charge in [0.15, 0.2) is 5.11 Å². The van der Waals surface area contributed by atoms with Crippen molar-refractivity contribution in [3.8, 4) is 0 Å². The number of nitrogens with zero attached hydrogens (tertiary/aromatic N) is 2. The first-order valence-corrected chi connectivity index (χ1v) is 9.38. The van der Waals surface area contributed by atoms with Crippen molar-refractivity contribution in [3.63, 3.8) is 0 Å². The number of aromatic nitrogens is 1. The molecule has 0 bridgehead atoms. The number of pyridine rings is 1. The lowest BCUT2D eigenvalue weighted by Gasteiger charge is -2.27. The fraction of sp³-hybridized carbons (Fsp3) is 0.368. The van der Waals surface area contributed by atoms with Crippen LogP contribution in [0.5, 0.6) is 0 Å². The molecule has 1 aromatic carbocycles. The average molecular weight is 394 g/mol. The number of hydrogen-bond acceptors (Lipinski definition) is 3. The minimum Gasteiger partial charge on any atom is -0.376 e. The highest BCUT2D eigenvalue weighted by molar-refractivity contribution is 7.80. The maximum absolute atomic E-state index is 14.2. The molecule has 26 heavy (non-hydrogen) atoms. The van der Waals surface area contributed by atoms with Crippen LogP contribution in [-0.4, -0.2) is 34.3 Å². The number of rotatable bonds is 6. The molecule has 0 radical (unpaired) electrons. The summed E-state index contributed by atoms with van der Waals surface area (Å²) in [5.41, 5.74) is 1.42. The van der Waals surface area contributed by atoms with E-state index in [2.05, 4.69) is 10.3 Å². The minimum atomic E-state index is -0.337. The molecular formula is C19H21ClFN3OS. The molecule has 2 heterocycles. The van der Waals surface area contributed by atoms with Gasteiger partial charge in [-0.05, 0) is 48.8 Å². The minimum absolute atomic E-state index is 0.172. The lowest BCUT2D eigenvalue weighted by atomic mass is 10.2. The van der Waals surface area contributed by atoms with Gasteiger partial charge >= 0.3 is 0 Å². The van der Waals surface area contributed by atoms with Crippen LogP contribution < -0.4 is 5.32 Å². The van der Waals surface area contributed by atoms with Crippen LogP contribution in [0.25, 0.3) is 0 Å². The van der Waals surface area contributed by atoms with E-state index >= 15 is 0 Å². The molecular weight excluding hydrogens is 373 g/mol. The highest BCUT2D eigenvalue weighted by atomic mass is 35.5. The second kappa shape index (κ2) is 9.26. The maximum Gasteiger partial charge on any atom is 0.169 e. The smallest absolute Gasteiger partial charge is 0.169 e. The van der Waals surface area contributed by atoms with Crippen molar-refractivity contribution >= 4 is 28.9 Å². The van der Waals surface area contributed by atoms with Crippen LogP contribution in [-0.2, 0) is 17.8 Å². The van der Waals surface area contributed by atoms with Crippen LogP contribution in [0.15, 0.2) is 42.7 Å². The van der Waals surface area contributed by atoms with Crippen LogP contribution in [0, 0.1) is 5.82 Å². The van der Waals surface area contributed by atoms with Gasteiger partial charge in [-0.1, -0.05) is 23.7 Å². The molecule has 1 unspecified atom stereocenters. The lowest BCUT2D eigenvalue weighted by molar-refractivity contribution is 0.113. The Kier molecular flexibility index (Phi) is 6.77. The van der Waals surface area contributed by atoms with Gasteiger partial charge in [0.05, 0.1) is 6.10 Å². The number of hydrogen-bond donors (Lipinski definition) is 1. The summed E-state index contributed by atoms with van der Waals surface area (Å²) in [4.78, 5) is 6.03. The molecule has 0 aliphatic carbocycles. The highest BCUT2D eigenvalue weighted by Crippen LogP contribution is 2.22. The van der Waals surface area contributed by atoms with Crippen molar-refractivity contribution in [1.29, 1.82) is 0 Å². The molecule has 0 saturated carbocycles. The first kappa shape index (κ1) is 19.0. The molecule has 1 saturated heterocycles. The fourth-order valence-corrected chi connectivity index (χ4v) is 3.34. The number of benzene rings is 1. The van der Waals surface area contributed by atoms with Crippen molar-refractivity contribution in [3.05, 3.63) is 64.7 Å². The Balaban J connectivity index is 1.73. The summed E-state index contributed by atoms with van der Waals surface area (Å²) >= 11 is 11.8. The van der Waals surface area contributed by atoms with E-state index in [1.54, 1.807) is 24.5 Å². The first-order valence-electron chi connectivity index (χ1n) is 8.59. The van der Waals surface area contributed by atoms with Crippen LogP contribution in [0.2, 0.25) is 5.02 Å². The van der Waals surface area contributed by atoms with Crippen LogP contribution in [0.3, 0.4) is 0 Å². The molecule has 0 spiro atoms. The molecule has 4 nitrogen and oxygen atoms in total. The SMILES string of the molecule is Fc1cccc(Cl)c1CN(Cc1cccnc1)C(=S)NCC1CCCO1. The zero-order valence-electron chi connectivity index (χ0n) is 14.3. The van der Waals surface area contributed by atoms with Crippen molar-refractivity contribution in [2.24, 2.45) is 0 Å². The van der Waals surface area contributed by atoms with Gasteiger partial charge in [-0.2, -0.15) is 0 Å². The van der Waals surface area contributed by atoms with Crippen LogP contribution in [0.4, 0.5) is 4.39 Å². The summed E-state index contributed by atoms with van der Waals surface area (Å²) < 4.78 is 19.9. The van der Waals surface area contributed by atoms with E-state index in [9.17, 15) is 4.39 Å². The fourth-order valence-electron chi connectivity index (χ4n) is 2.90. The van der Waals surface area contributed by atoms with Gasteiger partial charge in [0, 0.05) is 49.2 Å². The first-order chi connectivity index (χ1) is 12.6. The Labute approximate surface area is 163 Å². The van der Waals surface area contributed by atoms with Crippen molar-refractivity contribution in [1.82, 2.24) is 15.2 Å². The second-order valence-corrected chi connectivity index (χ2v) is 7.03. The molecule has 138 valence electrons. The normalized spacial score (nSPS) is 16.5. The lowest BCUT2D eigenvalue weighted by Crippen LogP contribution is -2.42. The predicted octanol–water partition coefficient (Wildman–Crippen LogP) is 3.93. The van der Waals surface area contributed by atoms with E-state index in [4.69, 9.17) is 28.6 Å². The van der Waals surface area contributed by atoms with Crippen LogP contribution in [0.1, 0.15) is 24.0 Å². The predicted molar refractivity (Wildman–Crippen MR) is 104 cm³/mol. The largest absolute Gasteiger partial charge is 0.376 e. The maximum atomic E-state index is 14.2. The molecule has 1 aliphatic rings. The highest BCUT2D eigenvalue weighted by Gasteiger charge is 2.19. The van der Waals surface area contributed by atoms with E-state index in [0.29, 0.717) is 28.8 Å². The van der Waals surface area contributed by atoms with Gasteiger partial charge < -0.3 is 15.0 Å². The average Bonchev–Trinajstić information content (AvgIpc) is 3.16. The molecule has 1 aromatic heterocycles. The monoisotopic (exact) mass is 393 g/mol. The molecule has 3 rings (SSSR count). The van der Waals surface area contributed by atoms with Gasteiger partial charge in [0.25, 0.3) is 0 Å². The van der Waals surface area contributed by atoms with Gasteiger partial charge in [0.1, 0.15) is 5.82 Å². The van der Waals surface area contributed by atoms with Crippen LogP contribution >= 0.6 is 23.8 Å². The number of halogens is 2. The summed E-state index contributed by atoms with van der Waals surface area (Å²) in [7, 11) is 0. The van der Waals surface area contributed by atoms with Gasteiger partial charge in [-0.25, -0.2) is 4.39 Å². The summed E-state index contributed by atoms with van der Waals surface area (Å²) in [5, 5.41) is 4.19. The Hall–Kier alpha value is -1.76. The molecule has 1 fully saturated rings. The topological polar surface area (TPSA) is 37.4 Å². The zero-order chi connectivity index (χ0) is 18.4. The molecule has 7 heteroatoms. The summed E-state index contributed by atoms with van der Waals surface area (Å²) in [6.45, 7) is 2.23. The zero-order valence-corrected chi connectivity index (χ0v) is 15.9. The van der Waals surface area contributed by atoms with E-state index in [1.807, 2.05) is 17.0 Å². The third-order valence-electron chi connectivity index (χ3n) is 4.30. The Morgan fingerprint density at radius 2 is 2.23 bits per heavy atom. The van der Waals surface area contributed by atoms with Gasteiger partial charge in [-0.3, -0.25) is 4.98 Å². The van der Waals surface area contributed by atoms with E-state index in [-0.39, 0.29) is 18.5 Å². The Morgan fingerprint density at radius 3 is 2.92 bits per heavy atom. The Morgan fingerprint density at radius 1 is 1.35 bits per heavy atom. The third kappa shape index (κ3) is 5.13. The Bertz CT molecular complexity index is 721. The second-order valence-electron chi connectivity index (χ2n) is 6.24. The molecule has 1 aliphatic heterocycles. The van der Waals surface area contributed by atoms with Crippen molar-refractivity contribution < 1.29 is 9.13 Å². The van der Waals surface area contributed by atoms with E-state index in [1.165, 1.54) is 6.07 Å². The van der Waals surface area contributed by atoms with Crippen molar-refractivity contribution in [2.75, 3.05) is 13.2 Å². The van der Waals surface area contributed by atoms with E-state index in [0.717, 1.165) is 25.0 Å². The van der Waals surface area contributed by atoms with Crippen molar-refractivity contribution in [2.45, 2.75) is 32.0 Å². The standard InChI is InChI=1S/C19H21ClFN3OS/c20-17-6-1-7-18(21)16(17)13-24(12-14-4-2-8-22-10-14)19(26)23-11-15-5-3-9-25-15/h1-2,4,6-8,10,15H,3,5,9,11-13H2,(H,23,26).